The van der Waals surface area contributed by atoms with E-state index < -0.39 is 0 Å². The van der Waals surface area contributed by atoms with Gasteiger partial charge in [0.2, 0.25) is 0 Å². The van der Waals surface area contributed by atoms with Crippen LogP contribution in [0.5, 0.6) is 0 Å². The van der Waals surface area contributed by atoms with Gasteiger partial charge in [0.1, 0.15) is 5.82 Å². The first kappa shape index (κ1) is 12.5. The summed E-state index contributed by atoms with van der Waals surface area (Å²) in [4.78, 5) is 5.94. The molecule has 88 valence electrons. The van der Waals surface area contributed by atoms with Gasteiger partial charge in [0.25, 0.3) is 0 Å². The van der Waals surface area contributed by atoms with Gasteiger partial charge in [0.15, 0.2) is 5.96 Å². The predicted molar refractivity (Wildman–Crippen MR) is 64.6 cm³/mol. The molecule has 0 aliphatic heterocycles. The van der Waals surface area contributed by atoms with Gasteiger partial charge in [-0.1, -0.05) is 18.2 Å². The SMILES string of the molecule is CC(C)N=C(N)N(C)Cc1ccccc1F. The van der Waals surface area contributed by atoms with Crippen LogP contribution in [0.1, 0.15) is 19.4 Å². The number of nitrogens with zero attached hydrogens (tertiary/aromatic N) is 2. The fraction of sp³-hybridized carbons (Fsp3) is 0.417. The van der Waals surface area contributed by atoms with Crippen molar-refractivity contribution in [3.63, 3.8) is 0 Å². The van der Waals surface area contributed by atoms with Crippen LogP contribution in [0.15, 0.2) is 29.3 Å². The van der Waals surface area contributed by atoms with E-state index in [0.717, 1.165) is 0 Å². The lowest BCUT2D eigenvalue weighted by atomic mass is 10.2. The number of aliphatic imine (C=N–C) groups is 1. The van der Waals surface area contributed by atoms with E-state index in [2.05, 4.69) is 4.99 Å². The van der Waals surface area contributed by atoms with Crippen molar-refractivity contribution >= 4 is 5.96 Å². The summed E-state index contributed by atoms with van der Waals surface area (Å²) in [6.07, 6.45) is 0. The summed E-state index contributed by atoms with van der Waals surface area (Å²) < 4.78 is 13.4. The number of nitrogens with two attached hydrogens (primary N) is 1. The van der Waals surface area contributed by atoms with Gasteiger partial charge in [-0.15, -0.1) is 0 Å². The average Bonchev–Trinajstić information content (AvgIpc) is 2.20. The second-order valence-corrected chi connectivity index (χ2v) is 4.03. The molecule has 0 heterocycles. The number of halogens is 1. The Balaban J connectivity index is 2.72. The second-order valence-electron chi connectivity index (χ2n) is 4.03. The maximum absolute atomic E-state index is 13.4. The third kappa shape index (κ3) is 3.53. The van der Waals surface area contributed by atoms with Crippen molar-refractivity contribution in [3.8, 4) is 0 Å². The number of guanidine groups is 1. The highest BCUT2D eigenvalue weighted by atomic mass is 19.1. The molecule has 3 nitrogen and oxygen atoms in total. The van der Waals surface area contributed by atoms with Gasteiger partial charge >= 0.3 is 0 Å². The molecule has 1 rings (SSSR count). The van der Waals surface area contributed by atoms with Crippen molar-refractivity contribution in [1.29, 1.82) is 0 Å². The topological polar surface area (TPSA) is 41.6 Å². The van der Waals surface area contributed by atoms with Crippen molar-refractivity contribution in [2.24, 2.45) is 10.7 Å². The van der Waals surface area contributed by atoms with Crippen LogP contribution in [0.25, 0.3) is 0 Å². The quantitative estimate of drug-likeness (QED) is 0.629. The molecule has 4 heteroatoms. The van der Waals surface area contributed by atoms with E-state index in [4.69, 9.17) is 5.73 Å². The van der Waals surface area contributed by atoms with Crippen molar-refractivity contribution in [3.05, 3.63) is 35.6 Å². The number of hydrogen-bond donors (Lipinski definition) is 1. The Hall–Kier alpha value is -1.58. The summed E-state index contributed by atoms with van der Waals surface area (Å²) in [7, 11) is 1.80. The van der Waals surface area contributed by atoms with Gasteiger partial charge in [0.05, 0.1) is 0 Å². The summed E-state index contributed by atoms with van der Waals surface area (Å²) in [6, 6.07) is 6.81. The average molecular weight is 223 g/mol. The van der Waals surface area contributed by atoms with Crippen molar-refractivity contribution < 1.29 is 4.39 Å². The van der Waals surface area contributed by atoms with E-state index in [9.17, 15) is 4.39 Å². The van der Waals surface area contributed by atoms with Gasteiger partial charge in [-0.05, 0) is 19.9 Å². The lowest BCUT2D eigenvalue weighted by molar-refractivity contribution is 0.471. The van der Waals surface area contributed by atoms with Gasteiger partial charge in [0, 0.05) is 25.2 Å². The zero-order chi connectivity index (χ0) is 12.1. The monoisotopic (exact) mass is 223 g/mol. The number of hydrogen-bond acceptors (Lipinski definition) is 1. The van der Waals surface area contributed by atoms with Gasteiger partial charge in [-0.25, -0.2) is 4.39 Å². The molecule has 16 heavy (non-hydrogen) atoms. The smallest absolute Gasteiger partial charge is 0.191 e. The molecule has 1 aromatic carbocycles. The van der Waals surface area contributed by atoms with Gasteiger partial charge in [-0.2, -0.15) is 0 Å². The van der Waals surface area contributed by atoms with Crippen LogP contribution >= 0.6 is 0 Å². The Kier molecular flexibility index (Phi) is 4.28. The highest BCUT2D eigenvalue weighted by Gasteiger charge is 2.07. The van der Waals surface area contributed by atoms with Crippen molar-refractivity contribution in [2.75, 3.05) is 7.05 Å². The minimum atomic E-state index is -0.216. The Bertz CT molecular complexity index is 374. The Morgan fingerprint density at radius 2 is 2.06 bits per heavy atom. The number of benzene rings is 1. The maximum Gasteiger partial charge on any atom is 0.191 e. The van der Waals surface area contributed by atoms with E-state index in [1.807, 2.05) is 19.9 Å². The summed E-state index contributed by atoms with van der Waals surface area (Å²) >= 11 is 0. The van der Waals surface area contributed by atoms with E-state index in [-0.39, 0.29) is 11.9 Å². The molecule has 0 aliphatic carbocycles. The summed E-state index contributed by atoms with van der Waals surface area (Å²) in [5.74, 6) is 0.213. The van der Waals surface area contributed by atoms with Crippen molar-refractivity contribution in [1.82, 2.24) is 4.90 Å². The van der Waals surface area contributed by atoms with Crippen LogP contribution in [0.3, 0.4) is 0 Å². The predicted octanol–water partition coefficient (Wildman–Crippen LogP) is 1.98. The van der Waals surface area contributed by atoms with Gasteiger partial charge < -0.3 is 10.6 Å². The first-order valence-electron chi connectivity index (χ1n) is 5.28. The minimum absolute atomic E-state index is 0.142. The van der Waals surface area contributed by atoms with Crippen LogP contribution in [0.4, 0.5) is 4.39 Å². The zero-order valence-corrected chi connectivity index (χ0v) is 9.94. The fourth-order valence-corrected chi connectivity index (χ4v) is 1.33. The van der Waals surface area contributed by atoms with E-state index in [0.29, 0.717) is 18.1 Å². The molecular formula is C12H18FN3. The van der Waals surface area contributed by atoms with Crippen LogP contribution < -0.4 is 5.73 Å². The summed E-state index contributed by atoms with van der Waals surface area (Å²) in [5, 5.41) is 0. The largest absolute Gasteiger partial charge is 0.370 e. The Morgan fingerprint density at radius 3 is 2.62 bits per heavy atom. The molecule has 0 fully saturated rings. The maximum atomic E-state index is 13.4. The van der Waals surface area contributed by atoms with Crippen LogP contribution in [0, 0.1) is 5.82 Å². The normalized spacial score (nSPS) is 11.9. The third-order valence-electron chi connectivity index (χ3n) is 2.15. The first-order chi connectivity index (χ1) is 7.50. The molecule has 0 aromatic heterocycles. The highest BCUT2D eigenvalue weighted by molar-refractivity contribution is 5.77. The lowest BCUT2D eigenvalue weighted by Gasteiger charge is -2.19. The Labute approximate surface area is 95.8 Å². The molecular weight excluding hydrogens is 205 g/mol. The van der Waals surface area contributed by atoms with Gasteiger partial charge in [-0.3, -0.25) is 4.99 Å². The molecule has 0 bridgehead atoms. The fourth-order valence-electron chi connectivity index (χ4n) is 1.33. The van der Waals surface area contributed by atoms with Crippen molar-refractivity contribution in [2.45, 2.75) is 26.4 Å². The molecule has 0 radical (unpaired) electrons. The van der Waals surface area contributed by atoms with Crippen LogP contribution in [0.2, 0.25) is 0 Å². The van der Waals surface area contributed by atoms with Crippen LogP contribution in [-0.4, -0.2) is 23.9 Å². The molecule has 0 amide bonds. The Morgan fingerprint density at radius 1 is 1.44 bits per heavy atom. The molecule has 0 unspecified atom stereocenters. The standard InChI is InChI=1S/C12H18FN3/c1-9(2)15-12(14)16(3)8-10-6-4-5-7-11(10)13/h4-7,9H,8H2,1-3H3,(H2,14,15). The first-order valence-corrected chi connectivity index (χ1v) is 5.28. The molecule has 0 saturated carbocycles. The van der Waals surface area contributed by atoms with Crippen LogP contribution in [-0.2, 0) is 6.54 Å². The molecule has 0 atom stereocenters. The summed E-state index contributed by atoms with van der Waals surface area (Å²) in [5.41, 5.74) is 6.39. The highest BCUT2D eigenvalue weighted by Crippen LogP contribution is 2.08. The molecule has 0 aliphatic rings. The summed E-state index contributed by atoms with van der Waals surface area (Å²) in [6.45, 7) is 4.32. The van der Waals surface area contributed by atoms with E-state index >= 15 is 0 Å². The minimum Gasteiger partial charge on any atom is -0.370 e. The second kappa shape index (κ2) is 5.49. The zero-order valence-electron chi connectivity index (χ0n) is 9.94. The van der Waals surface area contributed by atoms with E-state index in [1.165, 1.54) is 6.07 Å². The van der Waals surface area contributed by atoms with E-state index in [1.54, 1.807) is 24.1 Å². The molecule has 0 spiro atoms. The lowest BCUT2D eigenvalue weighted by Crippen LogP contribution is -2.34. The molecule has 2 N–H and O–H groups in total. The third-order valence-corrected chi connectivity index (χ3v) is 2.15. The molecule has 0 saturated heterocycles. The number of rotatable bonds is 3. The molecule has 1 aromatic rings.